The monoisotopic (exact) mass is 329 g/mol. The predicted octanol–water partition coefficient (Wildman–Crippen LogP) is 3.48. The topological polar surface area (TPSA) is 46.9 Å². The quantitative estimate of drug-likeness (QED) is 0.933. The van der Waals surface area contributed by atoms with Crippen LogP contribution >= 0.6 is 0 Å². The number of hydrogen-bond acceptors (Lipinski definition) is 2. The van der Waals surface area contributed by atoms with E-state index in [1.807, 2.05) is 38.6 Å². The molecule has 5 heteroatoms. The minimum atomic E-state index is -0.597. The molecule has 1 aromatic heterocycles. The predicted molar refractivity (Wildman–Crippen MR) is 91.2 cm³/mol. The van der Waals surface area contributed by atoms with E-state index in [4.69, 9.17) is 0 Å². The molecule has 0 aliphatic heterocycles. The van der Waals surface area contributed by atoms with Crippen LogP contribution in [0, 0.1) is 19.7 Å². The van der Waals surface area contributed by atoms with Crippen molar-refractivity contribution in [2.24, 2.45) is 7.05 Å². The largest absolute Gasteiger partial charge is 0.349 e. The molecule has 0 spiro atoms. The number of aryl methyl sites for hydroxylation is 2. The van der Waals surface area contributed by atoms with Crippen LogP contribution in [0.2, 0.25) is 0 Å². The summed E-state index contributed by atoms with van der Waals surface area (Å²) in [5, 5.41) is 7.56. The molecule has 1 N–H and O–H groups in total. The summed E-state index contributed by atoms with van der Waals surface area (Å²) in [6.07, 6.45) is 2.52. The van der Waals surface area contributed by atoms with E-state index < -0.39 is 5.41 Å². The molecule has 1 aliphatic carbocycles. The number of hydrogen-bond donors (Lipinski definition) is 1. The van der Waals surface area contributed by atoms with Gasteiger partial charge in [-0.3, -0.25) is 9.48 Å². The maximum absolute atomic E-state index is 13.6. The molecule has 24 heavy (non-hydrogen) atoms. The van der Waals surface area contributed by atoms with E-state index in [2.05, 4.69) is 10.4 Å². The lowest BCUT2D eigenvalue weighted by Crippen LogP contribution is -2.49. The van der Waals surface area contributed by atoms with Gasteiger partial charge >= 0.3 is 0 Å². The zero-order chi connectivity index (χ0) is 17.5. The molecule has 4 nitrogen and oxygen atoms in total. The molecule has 1 heterocycles. The van der Waals surface area contributed by atoms with Crippen molar-refractivity contribution in [1.82, 2.24) is 15.1 Å². The highest BCUT2D eigenvalue weighted by atomic mass is 19.1. The van der Waals surface area contributed by atoms with Crippen molar-refractivity contribution < 1.29 is 9.18 Å². The number of nitrogens with zero attached hydrogens (tertiary/aromatic N) is 2. The first-order valence-electron chi connectivity index (χ1n) is 8.42. The minimum absolute atomic E-state index is 0.0190. The number of amides is 1. The van der Waals surface area contributed by atoms with Crippen LogP contribution in [-0.2, 0) is 17.3 Å². The second-order valence-corrected chi connectivity index (χ2v) is 6.85. The Balaban J connectivity index is 1.85. The molecule has 0 saturated heterocycles. The van der Waals surface area contributed by atoms with E-state index >= 15 is 0 Å². The van der Waals surface area contributed by atoms with E-state index in [-0.39, 0.29) is 17.8 Å². The fourth-order valence-electron chi connectivity index (χ4n) is 3.79. The molecular formula is C19H24FN3O. The van der Waals surface area contributed by atoms with Gasteiger partial charge in [-0.2, -0.15) is 5.10 Å². The molecule has 1 aromatic carbocycles. The summed E-state index contributed by atoms with van der Waals surface area (Å²) in [7, 11) is 1.90. The van der Waals surface area contributed by atoms with Gasteiger partial charge in [-0.1, -0.05) is 18.6 Å². The Morgan fingerprint density at radius 1 is 1.38 bits per heavy atom. The third kappa shape index (κ3) is 2.62. The molecule has 1 aliphatic rings. The molecule has 1 unspecified atom stereocenters. The molecule has 3 rings (SSSR count). The van der Waals surface area contributed by atoms with E-state index in [9.17, 15) is 9.18 Å². The van der Waals surface area contributed by atoms with Crippen LogP contribution in [0.3, 0.4) is 0 Å². The summed E-state index contributed by atoms with van der Waals surface area (Å²) >= 11 is 0. The first kappa shape index (κ1) is 16.7. The summed E-state index contributed by atoms with van der Waals surface area (Å²) in [6, 6.07) is 6.31. The Kier molecular flexibility index (Phi) is 4.20. The van der Waals surface area contributed by atoms with Crippen molar-refractivity contribution in [1.29, 1.82) is 0 Å². The highest BCUT2D eigenvalue weighted by molar-refractivity contribution is 5.89. The van der Waals surface area contributed by atoms with Crippen molar-refractivity contribution in [3.63, 3.8) is 0 Å². The molecule has 1 amide bonds. The lowest BCUT2D eigenvalue weighted by molar-refractivity contribution is -0.130. The van der Waals surface area contributed by atoms with Crippen molar-refractivity contribution in [3.8, 4) is 0 Å². The van der Waals surface area contributed by atoms with Crippen molar-refractivity contribution in [3.05, 3.63) is 52.6 Å². The Hall–Kier alpha value is -2.17. The average Bonchev–Trinajstić information content (AvgIpc) is 2.70. The van der Waals surface area contributed by atoms with Gasteiger partial charge in [0.05, 0.1) is 17.2 Å². The van der Waals surface area contributed by atoms with Gasteiger partial charge in [-0.15, -0.1) is 0 Å². The molecule has 1 atom stereocenters. The molecule has 1 saturated carbocycles. The Morgan fingerprint density at radius 3 is 2.58 bits per heavy atom. The summed E-state index contributed by atoms with van der Waals surface area (Å²) < 4.78 is 15.4. The number of carbonyl (C=O) groups excluding carboxylic acids is 1. The van der Waals surface area contributed by atoms with Crippen LogP contribution in [0.1, 0.15) is 54.7 Å². The summed E-state index contributed by atoms with van der Waals surface area (Å²) in [6.45, 7) is 5.94. The van der Waals surface area contributed by atoms with Crippen LogP contribution in [0.15, 0.2) is 24.3 Å². The Labute approximate surface area is 142 Å². The van der Waals surface area contributed by atoms with Crippen LogP contribution in [0.4, 0.5) is 4.39 Å². The van der Waals surface area contributed by atoms with Gasteiger partial charge < -0.3 is 5.32 Å². The molecule has 128 valence electrons. The third-order valence-electron chi connectivity index (χ3n) is 5.36. The van der Waals surface area contributed by atoms with Gasteiger partial charge in [-0.05, 0) is 51.3 Å². The number of benzene rings is 1. The van der Waals surface area contributed by atoms with Gasteiger partial charge in [0.2, 0.25) is 5.91 Å². The van der Waals surface area contributed by atoms with Crippen molar-refractivity contribution in [2.75, 3.05) is 0 Å². The summed E-state index contributed by atoms with van der Waals surface area (Å²) in [5.41, 5.74) is 3.21. The van der Waals surface area contributed by atoms with Crippen molar-refractivity contribution in [2.45, 2.75) is 51.5 Å². The fourth-order valence-corrected chi connectivity index (χ4v) is 3.79. The highest BCUT2D eigenvalue weighted by Crippen LogP contribution is 2.44. The molecule has 1 fully saturated rings. The first-order chi connectivity index (χ1) is 11.3. The minimum Gasteiger partial charge on any atom is -0.349 e. The lowest BCUT2D eigenvalue weighted by Gasteiger charge is -2.41. The summed E-state index contributed by atoms with van der Waals surface area (Å²) in [5.74, 6) is -0.312. The Bertz CT molecular complexity index is 777. The molecular weight excluding hydrogens is 305 g/mol. The zero-order valence-electron chi connectivity index (χ0n) is 14.7. The Morgan fingerprint density at radius 2 is 2.08 bits per heavy atom. The lowest BCUT2D eigenvalue weighted by atomic mass is 9.63. The maximum Gasteiger partial charge on any atom is 0.231 e. The maximum atomic E-state index is 13.6. The van der Waals surface area contributed by atoms with Gasteiger partial charge in [-0.25, -0.2) is 4.39 Å². The highest BCUT2D eigenvalue weighted by Gasteiger charge is 2.46. The van der Waals surface area contributed by atoms with Crippen LogP contribution in [0.5, 0.6) is 0 Å². The van der Waals surface area contributed by atoms with E-state index in [0.29, 0.717) is 0 Å². The van der Waals surface area contributed by atoms with Gasteiger partial charge in [0, 0.05) is 18.3 Å². The average molecular weight is 329 g/mol. The first-order valence-corrected chi connectivity index (χ1v) is 8.42. The number of rotatable bonds is 4. The molecule has 0 bridgehead atoms. The second-order valence-electron chi connectivity index (χ2n) is 6.85. The van der Waals surface area contributed by atoms with E-state index in [1.54, 1.807) is 6.07 Å². The second kappa shape index (κ2) is 6.04. The third-order valence-corrected chi connectivity index (χ3v) is 5.36. The molecule has 0 radical (unpaired) electrons. The fraction of sp³-hybridized carbons (Fsp3) is 0.474. The van der Waals surface area contributed by atoms with E-state index in [0.717, 1.165) is 41.8 Å². The number of carbonyl (C=O) groups is 1. The van der Waals surface area contributed by atoms with E-state index in [1.165, 1.54) is 12.1 Å². The zero-order valence-corrected chi connectivity index (χ0v) is 14.7. The number of aromatic nitrogens is 2. The normalized spacial score (nSPS) is 17.2. The van der Waals surface area contributed by atoms with Gasteiger partial charge in [0.1, 0.15) is 5.82 Å². The van der Waals surface area contributed by atoms with Crippen LogP contribution < -0.4 is 5.32 Å². The SMILES string of the molecule is Cc1nn(C)c(C)c1C(C)NC(=O)C1(c2cccc(F)c2)CCC1. The number of nitrogens with one attached hydrogen (secondary N) is 1. The van der Waals surface area contributed by atoms with Crippen LogP contribution in [-0.4, -0.2) is 15.7 Å². The molecule has 2 aromatic rings. The number of halogens is 1. The van der Waals surface area contributed by atoms with Crippen LogP contribution in [0.25, 0.3) is 0 Å². The standard InChI is InChI=1S/C19H24FN3O/c1-12(17-13(2)22-23(4)14(17)3)21-18(24)19(9-6-10-19)15-7-5-8-16(20)11-15/h5,7-8,11-12H,6,9-10H2,1-4H3,(H,21,24). The van der Waals surface area contributed by atoms with Crippen molar-refractivity contribution >= 4 is 5.91 Å². The smallest absolute Gasteiger partial charge is 0.231 e. The van der Waals surface area contributed by atoms with Gasteiger partial charge in [0.15, 0.2) is 0 Å². The summed E-state index contributed by atoms with van der Waals surface area (Å²) in [4.78, 5) is 13.0. The van der Waals surface area contributed by atoms with Gasteiger partial charge in [0.25, 0.3) is 0 Å².